The van der Waals surface area contributed by atoms with Crippen molar-refractivity contribution in [3.63, 3.8) is 0 Å². The van der Waals surface area contributed by atoms with Crippen LogP contribution in [-0.2, 0) is 9.59 Å². The van der Waals surface area contributed by atoms with E-state index in [4.69, 9.17) is 25.5 Å². The summed E-state index contributed by atoms with van der Waals surface area (Å²) >= 11 is 0. The van der Waals surface area contributed by atoms with Crippen molar-refractivity contribution < 1.29 is 46.1 Å². The molecule has 24 heavy (non-hydrogen) atoms. The molecule has 0 radical (unpaired) electrons. The number of nitrogens with one attached hydrogen (secondary N) is 1. The van der Waals surface area contributed by atoms with Gasteiger partial charge >= 0.3 is 24.3 Å². The van der Waals surface area contributed by atoms with E-state index in [2.05, 4.69) is 4.98 Å². The monoisotopic (exact) mass is 360 g/mol. The van der Waals surface area contributed by atoms with E-state index in [1.165, 1.54) is 5.39 Å². The second-order valence-corrected chi connectivity index (χ2v) is 3.93. The van der Waals surface area contributed by atoms with Crippen LogP contribution in [0.25, 0.3) is 10.9 Å². The number of nitrogen functional groups attached to an aromatic ring is 1. The number of H-pyrrole nitrogens is 1. The van der Waals surface area contributed by atoms with Gasteiger partial charge < -0.3 is 20.9 Å². The van der Waals surface area contributed by atoms with Crippen LogP contribution in [0.3, 0.4) is 0 Å². The van der Waals surface area contributed by atoms with Crippen LogP contribution in [0.5, 0.6) is 0 Å². The number of hydrogen-bond acceptors (Lipinski definition) is 3. The summed E-state index contributed by atoms with van der Waals surface area (Å²) in [6.07, 6.45) is -8.26. The van der Waals surface area contributed by atoms with Crippen molar-refractivity contribution in [1.82, 2.24) is 4.98 Å². The van der Waals surface area contributed by atoms with Gasteiger partial charge in [-0.1, -0.05) is 6.07 Å². The Morgan fingerprint density at radius 2 is 1.33 bits per heavy atom. The maximum atomic E-state index is 10.6. The third kappa shape index (κ3) is 7.91. The Hall–Kier alpha value is -2.92. The minimum atomic E-state index is -5.08. The van der Waals surface area contributed by atoms with Gasteiger partial charge in [-0.25, -0.2) is 9.59 Å². The molecule has 0 fully saturated rings. The molecule has 2 rings (SSSR count). The normalized spacial score (nSPS) is 10.9. The van der Waals surface area contributed by atoms with Crippen LogP contribution in [0.15, 0.2) is 30.5 Å². The van der Waals surface area contributed by atoms with Crippen LogP contribution in [-0.4, -0.2) is 39.5 Å². The molecule has 0 bridgehead atoms. The summed E-state index contributed by atoms with van der Waals surface area (Å²) in [5.74, 6) is -5.51. The van der Waals surface area contributed by atoms with Gasteiger partial charge in [-0.05, 0) is 23.6 Å². The fraction of sp³-hybridized carbons (Fsp3) is 0.167. The molecule has 1 heterocycles. The summed E-state index contributed by atoms with van der Waals surface area (Å²) in [7, 11) is 0. The Morgan fingerprint density at radius 3 is 1.71 bits per heavy atom. The number of halogens is 6. The second-order valence-electron chi connectivity index (χ2n) is 3.93. The summed E-state index contributed by atoms with van der Waals surface area (Å²) in [5.41, 5.74) is 7.46. The summed E-state index contributed by atoms with van der Waals surface area (Å²) in [4.78, 5) is 20.9. The summed E-state index contributed by atoms with van der Waals surface area (Å²) < 4.78 is 63.5. The Kier molecular flexibility index (Phi) is 7.10. The lowest BCUT2D eigenvalue weighted by Crippen LogP contribution is -2.21. The highest BCUT2D eigenvalue weighted by Crippen LogP contribution is 2.15. The van der Waals surface area contributed by atoms with Crippen molar-refractivity contribution in [3.05, 3.63) is 30.5 Å². The zero-order valence-corrected chi connectivity index (χ0v) is 11.4. The molecule has 1 aromatic carbocycles. The first-order chi connectivity index (χ1) is 10.7. The molecule has 0 saturated heterocycles. The average molecular weight is 360 g/mol. The standard InChI is InChI=1S/C8H8N2.2C2HF3O2/c9-7-2-1-6-3-4-10-8(6)5-7;2*3-2(4,5)1(6)7/h1-5,10H,9H2;2*(H,6,7). The molecule has 0 unspecified atom stereocenters. The highest BCUT2D eigenvalue weighted by molar-refractivity contribution is 5.82. The minimum absolute atomic E-state index is 0.801. The predicted molar refractivity (Wildman–Crippen MR) is 70.1 cm³/mol. The molecular formula is C12H10F6N2O4. The molecule has 6 nitrogen and oxygen atoms in total. The molecule has 0 spiro atoms. The number of anilines is 1. The molecule has 5 N–H and O–H groups in total. The van der Waals surface area contributed by atoms with E-state index in [1.807, 2.05) is 30.5 Å². The number of carboxylic acids is 2. The largest absolute Gasteiger partial charge is 0.490 e. The Bertz CT molecular complexity index is 669. The molecule has 0 amide bonds. The number of rotatable bonds is 0. The number of hydrogen-bond donors (Lipinski definition) is 4. The molecular weight excluding hydrogens is 350 g/mol. The van der Waals surface area contributed by atoms with Gasteiger partial charge in [0.1, 0.15) is 0 Å². The van der Waals surface area contributed by atoms with E-state index in [0.29, 0.717) is 0 Å². The summed E-state index contributed by atoms with van der Waals surface area (Å²) in [6, 6.07) is 7.85. The zero-order valence-electron chi connectivity index (χ0n) is 11.4. The van der Waals surface area contributed by atoms with E-state index in [0.717, 1.165) is 11.2 Å². The summed E-state index contributed by atoms with van der Waals surface area (Å²) in [6.45, 7) is 0. The van der Waals surface area contributed by atoms with Gasteiger partial charge in [0.15, 0.2) is 0 Å². The van der Waals surface area contributed by atoms with Gasteiger partial charge in [0, 0.05) is 17.4 Å². The fourth-order valence-electron chi connectivity index (χ4n) is 1.07. The molecule has 1 aromatic heterocycles. The fourth-order valence-corrected chi connectivity index (χ4v) is 1.07. The zero-order chi connectivity index (χ0) is 19.1. The maximum absolute atomic E-state index is 10.6. The van der Waals surface area contributed by atoms with Crippen LogP contribution >= 0.6 is 0 Å². The number of aromatic nitrogens is 1. The van der Waals surface area contributed by atoms with E-state index in [9.17, 15) is 26.3 Å². The molecule has 0 atom stereocenters. The lowest BCUT2D eigenvalue weighted by molar-refractivity contribution is -0.193. The number of alkyl halides is 6. The van der Waals surface area contributed by atoms with E-state index in [1.54, 1.807) is 0 Å². The Balaban J connectivity index is 0.000000343. The molecule has 12 heteroatoms. The van der Waals surface area contributed by atoms with Gasteiger partial charge in [0.05, 0.1) is 0 Å². The topological polar surface area (TPSA) is 116 Å². The maximum Gasteiger partial charge on any atom is 0.490 e. The predicted octanol–water partition coefficient (Wildman–Crippen LogP) is 3.02. The SMILES string of the molecule is Nc1ccc2cc[nH]c2c1.O=C(O)C(F)(F)F.O=C(O)C(F)(F)F. The van der Waals surface area contributed by atoms with E-state index in [-0.39, 0.29) is 0 Å². The summed E-state index contributed by atoms with van der Waals surface area (Å²) in [5, 5.41) is 15.5. The third-order valence-electron chi connectivity index (χ3n) is 2.06. The van der Waals surface area contributed by atoms with Crippen LogP contribution in [0.1, 0.15) is 0 Å². The Labute approximate surface area is 129 Å². The van der Waals surface area contributed by atoms with Gasteiger partial charge in [-0.15, -0.1) is 0 Å². The molecule has 0 aliphatic heterocycles. The molecule has 2 aromatic rings. The number of nitrogens with two attached hydrogens (primary N) is 1. The van der Waals surface area contributed by atoms with Gasteiger partial charge in [0.2, 0.25) is 0 Å². The number of fused-ring (bicyclic) bond motifs is 1. The highest BCUT2D eigenvalue weighted by Gasteiger charge is 2.38. The van der Waals surface area contributed by atoms with E-state index < -0.39 is 24.3 Å². The average Bonchev–Trinajstić information content (AvgIpc) is 2.85. The number of aromatic amines is 1. The minimum Gasteiger partial charge on any atom is -0.475 e. The number of benzene rings is 1. The van der Waals surface area contributed by atoms with Gasteiger partial charge in [-0.2, -0.15) is 26.3 Å². The van der Waals surface area contributed by atoms with Crippen molar-refractivity contribution in [2.75, 3.05) is 5.73 Å². The van der Waals surface area contributed by atoms with Crippen molar-refractivity contribution >= 4 is 28.5 Å². The van der Waals surface area contributed by atoms with Crippen molar-refractivity contribution in [2.45, 2.75) is 12.4 Å². The van der Waals surface area contributed by atoms with Crippen molar-refractivity contribution in [2.24, 2.45) is 0 Å². The smallest absolute Gasteiger partial charge is 0.475 e. The Morgan fingerprint density at radius 1 is 0.917 bits per heavy atom. The van der Waals surface area contributed by atoms with Crippen LogP contribution in [0, 0.1) is 0 Å². The first kappa shape index (κ1) is 21.1. The third-order valence-corrected chi connectivity index (χ3v) is 2.06. The van der Waals surface area contributed by atoms with Gasteiger partial charge in [-0.3, -0.25) is 0 Å². The van der Waals surface area contributed by atoms with Crippen LogP contribution < -0.4 is 5.73 Å². The molecule has 0 aliphatic rings. The highest BCUT2D eigenvalue weighted by atomic mass is 19.4. The van der Waals surface area contributed by atoms with Crippen molar-refractivity contribution in [1.29, 1.82) is 0 Å². The molecule has 0 aliphatic carbocycles. The lowest BCUT2D eigenvalue weighted by atomic mass is 10.2. The van der Waals surface area contributed by atoms with Gasteiger partial charge in [0.25, 0.3) is 0 Å². The number of aliphatic carboxylic acids is 2. The van der Waals surface area contributed by atoms with E-state index >= 15 is 0 Å². The van der Waals surface area contributed by atoms with Crippen LogP contribution in [0.2, 0.25) is 0 Å². The first-order valence-electron chi connectivity index (χ1n) is 5.68. The molecule has 134 valence electrons. The lowest BCUT2D eigenvalue weighted by Gasteiger charge is -1.93. The number of carbonyl (C=O) groups is 2. The second kappa shape index (κ2) is 8.08. The first-order valence-corrected chi connectivity index (χ1v) is 5.68. The van der Waals surface area contributed by atoms with Crippen molar-refractivity contribution in [3.8, 4) is 0 Å². The van der Waals surface area contributed by atoms with Crippen LogP contribution in [0.4, 0.5) is 32.0 Å². The molecule has 0 saturated carbocycles. The quantitative estimate of drug-likeness (QED) is 0.426. The number of carboxylic acid groups (broad SMARTS) is 2.